The van der Waals surface area contributed by atoms with E-state index in [1.54, 1.807) is 12.4 Å². The molecule has 2 unspecified atom stereocenters. The molecule has 0 amide bonds. The molecule has 2 saturated heterocycles. The Morgan fingerprint density at radius 2 is 1.72 bits per heavy atom. The van der Waals surface area contributed by atoms with Gasteiger partial charge in [0, 0.05) is 44.0 Å². The van der Waals surface area contributed by atoms with E-state index in [2.05, 4.69) is 27.0 Å². The monoisotopic (exact) mass is 567 g/mol. The molecule has 0 saturated carbocycles. The van der Waals surface area contributed by atoms with E-state index in [4.69, 9.17) is 29.3 Å². The average molecular weight is 567 g/mol. The van der Waals surface area contributed by atoms with Gasteiger partial charge >= 0.3 is 24.3 Å². The van der Waals surface area contributed by atoms with E-state index in [0.717, 1.165) is 56.9 Å². The lowest BCUT2D eigenvalue weighted by Crippen LogP contribution is -2.57. The number of hydrogen-bond donors (Lipinski definition) is 2. The van der Waals surface area contributed by atoms with E-state index < -0.39 is 24.3 Å². The van der Waals surface area contributed by atoms with Crippen LogP contribution in [0.25, 0.3) is 0 Å². The summed E-state index contributed by atoms with van der Waals surface area (Å²) >= 11 is 0. The number of alkyl halides is 6. The first kappa shape index (κ1) is 31.8. The fraction of sp³-hybridized carbons (Fsp3) is 0.500. The highest BCUT2D eigenvalue weighted by Crippen LogP contribution is 2.41. The summed E-state index contributed by atoms with van der Waals surface area (Å²) in [5, 5.41) is 14.2. The van der Waals surface area contributed by atoms with E-state index in [9.17, 15) is 26.3 Å². The molecule has 0 spiro atoms. The Morgan fingerprint density at radius 1 is 1.05 bits per heavy atom. The molecular weight excluding hydrogens is 540 g/mol. The number of rotatable bonds is 5. The van der Waals surface area contributed by atoms with Crippen molar-refractivity contribution < 1.29 is 55.6 Å². The first-order valence-electron chi connectivity index (χ1n) is 11.6. The highest BCUT2D eigenvalue weighted by molar-refractivity contribution is 5.73. The van der Waals surface area contributed by atoms with Crippen molar-refractivity contribution in [1.82, 2.24) is 14.9 Å². The molecule has 2 aliphatic rings. The van der Waals surface area contributed by atoms with Crippen molar-refractivity contribution in [2.24, 2.45) is 5.41 Å². The molecule has 2 aromatic rings. The molecule has 2 fully saturated rings. The van der Waals surface area contributed by atoms with Crippen LogP contribution < -0.4 is 4.74 Å². The fourth-order valence-corrected chi connectivity index (χ4v) is 4.11. The third-order valence-electron chi connectivity index (χ3n) is 5.82. The number of piperidine rings is 1. The van der Waals surface area contributed by atoms with Gasteiger partial charge in [0.15, 0.2) is 0 Å². The Morgan fingerprint density at radius 3 is 2.26 bits per heavy atom. The van der Waals surface area contributed by atoms with E-state index in [1.165, 1.54) is 0 Å². The van der Waals surface area contributed by atoms with Crippen LogP contribution in [0.15, 0.2) is 48.9 Å². The van der Waals surface area contributed by atoms with Gasteiger partial charge in [-0.3, -0.25) is 14.9 Å². The minimum absolute atomic E-state index is 0.0567. The minimum atomic E-state index is -5.08. The molecule has 0 radical (unpaired) electrons. The smallest absolute Gasteiger partial charge is 0.490 e. The van der Waals surface area contributed by atoms with Crippen LogP contribution in [0.3, 0.4) is 0 Å². The molecule has 2 atom stereocenters. The zero-order valence-electron chi connectivity index (χ0n) is 20.5. The summed E-state index contributed by atoms with van der Waals surface area (Å²) in [5.41, 5.74) is 1.18. The van der Waals surface area contributed by atoms with Gasteiger partial charge in [-0.05, 0) is 43.5 Å². The molecule has 0 aromatic carbocycles. The van der Waals surface area contributed by atoms with Gasteiger partial charge in [-0.2, -0.15) is 26.3 Å². The second-order valence-electron chi connectivity index (χ2n) is 8.73. The van der Waals surface area contributed by atoms with Gasteiger partial charge in [0.1, 0.15) is 5.75 Å². The van der Waals surface area contributed by atoms with Crippen molar-refractivity contribution >= 4 is 11.9 Å². The summed E-state index contributed by atoms with van der Waals surface area (Å²) in [4.78, 5) is 28.9. The second kappa shape index (κ2) is 14.1. The van der Waals surface area contributed by atoms with Gasteiger partial charge in [-0.25, -0.2) is 9.59 Å². The second-order valence-corrected chi connectivity index (χ2v) is 8.73. The number of halogens is 6. The SMILES string of the molecule is O=C(O)C(F)(F)F.O=C(O)C(F)(F)F.c1ccc(CN2CCC3OCCCC3(COc3cccnc3)C2)nc1. The number of carboxylic acid groups (broad SMARTS) is 2. The molecule has 2 N–H and O–H groups in total. The first-order valence-corrected chi connectivity index (χ1v) is 11.6. The van der Waals surface area contributed by atoms with Gasteiger partial charge in [-0.15, -0.1) is 0 Å². The van der Waals surface area contributed by atoms with E-state index in [-0.39, 0.29) is 11.5 Å². The van der Waals surface area contributed by atoms with Crippen molar-refractivity contribution in [3.05, 3.63) is 54.6 Å². The lowest BCUT2D eigenvalue weighted by atomic mass is 9.73. The van der Waals surface area contributed by atoms with E-state index in [1.807, 2.05) is 24.4 Å². The van der Waals surface area contributed by atoms with Crippen LogP contribution in [0.1, 0.15) is 25.0 Å². The van der Waals surface area contributed by atoms with Crippen LogP contribution in [0.5, 0.6) is 5.75 Å². The van der Waals surface area contributed by atoms with Crippen LogP contribution in [0, 0.1) is 5.41 Å². The fourth-order valence-electron chi connectivity index (χ4n) is 4.11. The molecule has 39 heavy (non-hydrogen) atoms. The topological polar surface area (TPSA) is 122 Å². The van der Waals surface area contributed by atoms with Gasteiger partial charge in [0.25, 0.3) is 0 Å². The average Bonchev–Trinajstić information content (AvgIpc) is 2.88. The molecule has 2 aliphatic heterocycles. The number of likely N-dealkylation sites (tertiary alicyclic amines) is 1. The number of nitrogens with zero attached hydrogens (tertiary/aromatic N) is 3. The summed E-state index contributed by atoms with van der Waals surface area (Å²) in [6.07, 6.45) is -1.15. The number of hydrogen-bond acceptors (Lipinski definition) is 7. The summed E-state index contributed by atoms with van der Waals surface area (Å²) < 4.78 is 75.7. The maximum atomic E-state index is 10.6. The largest absolute Gasteiger partial charge is 0.491 e. The number of carbonyl (C=O) groups is 2. The normalized spacial score (nSPS) is 21.2. The van der Waals surface area contributed by atoms with Crippen LogP contribution in [0.2, 0.25) is 0 Å². The van der Waals surface area contributed by atoms with Gasteiger partial charge in [0.2, 0.25) is 0 Å². The third kappa shape index (κ3) is 10.7. The Hall–Kier alpha value is -3.46. The quantitative estimate of drug-likeness (QED) is 0.512. The maximum Gasteiger partial charge on any atom is 0.490 e. The Balaban J connectivity index is 0.000000317. The standard InChI is InChI=1S/C20H25N3O2.2C2HF3O2/c1-2-10-22-17(5-1)14-23-11-7-19-20(15-23,8-4-12-24-19)16-25-18-6-3-9-21-13-18;2*3-2(4,5)1(6)7/h1-3,5-6,9-10,13,19H,4,7-8,11-12,14-16H2;2*(H,6,7). The lowest BCUT2D eigenvalue weighted by molar-refractivity contribution is -0.193. The number of carboxylic acids is 2. The summed E-state index contributed by atoms with van der Waals surface area (Å²) in [6.45, 7) is 4.49. The highest BCUT2D eigenvalue weighted by atomic mass is 19.4. The molecule has 0 bridgehead atoms. The van der Waals surface area contributed by atoms with Crippen molar-refractivity contribution in [2.75, 3.05) is 26.3 Å². The van der Waals surface area contributed by atoms with Crippen molar-refractivity contribution in [2.45, 2.75) is 44.3 Å². The third-order valence-corrected chi connectivity index (χ3v) is 5.82. The zero-order valence-corrected chi connectivity index (χ0v) is 20.5. The lowest BCUT2D eigenvalue weighted by Gasteiger charge is -2.50. The summed E-state index contributed by atoms with van der Waals surface area (Å²) in [7, 11) is 0. The molecule has 15 heteroatoms. The maximum absolute atomic E-state index is 10.6. The molecule has 2 aromatic heterocycles. The predicted molar refractivity (Wildman–Crippen MR) is 123 cm³/mol. The molecule has 216 valence electrons. The van der Waals surface area contributed by atoms with E-state index in [0.29, 0.717) is 6.61 Å². The van der Waals surface area contributed by atoms with E-state index >= 15 is 0 Å². The van der Waals surface area contributed by atoms with Crippen molar-refractivity contribution in [3.8, 4) is 5.75 Å². The Kier molecular flexibility index (Phi) is 11.5. The van der Waals surface area contributed by atoms with Crippen molar-refractivity contribution in [1.29, 1.82) is 0 Å². The number of fused-ring (bicyclic) bond motifs is 1. The highest BCUT2D eigenvalue weighted by Gasteiger charge is 2.46. The first-order chi connectivity index (χ1) is 18.2. The Labute approximate surface area is 219 Å². The Bertz CT molecular complexity index is 1020. The number of aliphatic carboxylic acids is 2. The number of aromatic nitrogens is 2. The van der Waals surface area contributed by atoms with Crippen LogP contribution >= 0.6 is 0 Å². The number of pyridine rings is 2. The van der Waals surface area contributed by atoms with Crippen LogP contribution in [0.4, 0.5) is 26.3 Å². The van der Waals surface area contributed by atoms with Crippen LogP contribution in [-0.2, 0) is 20.9 Å². The summed E-state index contributed by atoms with van der Waals surface area (Å²) in [5.74, 6) is -4.68. The van der Waals surface area contributed by atoms with Gasteiger partial charge in [0.05, 0.1) is 24.6 Å². The molecule has 9 nitrogen and oxygen atoms in total. The predicted octanol–water partition coefficient (Wildman–Crippen LogP) is 4.19. The van der Waals surface area contributed by atoms with Crippen molar-refractivity contribution in [3.63, 3.8) is 0 Å². The van der Waals surface area contributed by atoms with Crippen LogP contribution in [-0.4, -0.2) is 81.8 Å². The minimum Gasteiger partial charge on any atom is -0.491 e. The zero-order chi connectivity index (χ0) is 29.1. The number of ether oxygens (including phenoxy) is 2. The molecule has 0 aliphatic carbocycles. The van der Waals surface area contributed by atoms with Gasteiger partial charge < -0.3 is 19.7 Å². The van der Waals surface area contributed by atoms with Gasteiger partial charge in [-0.1, -0.05) is 6.07 Å². The summed E-state index contributed by atoms with van der Waals surface area (Å²) in [6, 6.07) is 10.0. The molecular formula is C24H27F6N3O6. The molecule has 4 heterocycles. The molecule has 4 rings (SSSR count).